The van der Waals surface area contributed by atoms with Crippen molar-refractivity contribution in [2.45, 2.75) is 30.7 Å². The van der Waals surface area contributed by atoms with E-state index in [2.05, 4.69) is 14.7 Å². The van der Waals surface area contributed by atoms with Crippen molar-refractivity contribution in [2.24, 2.45) is 5.14 Å². The van der Waals surface area contributed by atoms with Gasteiger partial charge in [-0.05, 0) is 66.3 Å². The van der Waals surface area contributed by atoms with Crippen LogP contribution in [0, 0.1) is 5.82 Å². The molecule has 0 saturated carbocycles. The van der Waals surface area contributed by atoms with Crippen molar-refractivity contribution >= 4 is 43.6 Å². The first kappa shape index (κ1) is 27.0. The molecule has 2 heterocycles. The number of fused-ring (bicyclic) bond motifs is 1. The third kappa shape index (κ3) is 6.65. The fourth-order valence-electron chi connectivity index (χ4n) is 3.53. The van der Waals surface area contributed by atoms with E-state index in [1.54, 1.807) is 12.1 Å². The van der Waals surface area contributed by atoms with Crippen LogP contribution in [0.4, 0.5) is 4.39 Å². The molecular formula is C24H22FN5O6S2. The highest BCUT2D eigenvalue weighted by atomic mass is 32.2. The van der Waals surface area contributed by atoms with Crippen molar-refractivity contribution in [3.8, 4) is 6.01 Å². The van der Waals surface area contributed by atoms with Gasteiger partial charge < -0.3 is 10.1 Å². The van der Waals surface area contributed by atoms with Crippen molar-refractivity contribution in [3.05, 3.63) is 82.0 Å². The molecule has 0 fully saturated rings. The summed E-state index contributed by atoms with van der Waals surface area (Å²) in [6, 6.07) is 10.6. The van der Waals surface area contributed by atoms with E-state index in [4.69, 9.17) is 9.88 Å². The SMILES string of the molecule is NS(=O)(=O)c1ccc(CCCC(=O)NCCn2c(OC(=O)c3ccc(F)cc3)nc3cnsc3c2=O)cc1. The maximum Gasteiger partial charge on any atom is 0.345 e. The van der Waals surface area contributed by atoms with Gasteiger partial charge in [-0.15, -0.1) is 0 Å². The predicted molar refractivity (Wildman–Crippen MR) is 137 cm³/mol. The second-order valence-corrected chi connectivity index (χ2v) is 10.5. The summed E-state index contributed by atoms with van der Waals surface area (Å²) < 4.78 is 46.5. The highest BCUT2D eigenvalue weighted by Gasteiger charge is 2.18. The molecule has 0 aliphatic rings. The summed E-state index contributed by atoms with van der Waals surface area (Å²) >= 11 is 0.949. The fourth-order valence-corrected chi connectivity index (χ4v) is 4.69. The first-order valence-corrected chi connectivity index (χ1v) is 13.7. The van der Waals surface area contributed by atoms with Gasteiger partial charge in [0.2, 0.25) is 15.9 Å². The van der Waals surface area contributed by atoms with Gasteiger partial charge in [0.1, 0.15) is 16.0 Å². The van der Waals surface area contributed by atoms with Gasteiger partial charge in [-0.2, -0.15) is 9.36 Å². The average molecular weight is 560 g/mol. The van der Waals surface area contributed by atoms with Gasteiger partial charge in [0, 0.05) is 19.5 Å². The minimum atomic E-state index is -3.76. The molecule has 11 nitrogen and oxygen atoms in total. The second kappa shape index (κ2) is 11.6. The molecular weight excluding hydrogens is 537 g/mol. The number of benzene rings is 2. The molecule has 14 heteroatoms. The lowest BCUT2D eigenvalue weighted by atomic mass is 10.1. The lowest BCUT2D eigenvalue weighted by molar-refractivity contribution is -0.121. The van der Waals surface area contributed by atoms with E-state index in [0.717, 1.165) is 33.8 Å². The molecule has 0 aliphatic carbocycles. The predicted octanol–water partition coefficient (Wildman–Crippen LogP) is 2.00. The summed E-state index contributed by atoms with van der Waals surface area (Å²) in [5.74, 6) is -1.59. The number of rotatable bonds is 10. The Hall–Kier alpha value is -4.01. The molecule has 2 aromatic carbocycles. The maximum atomic E-state index is 13.2. The van der Waals surface area contributed by atoms with Crippen LogP contribution in [0.25, 0.3) is 10.2 Å². The number of carbonyl (C=O) groups excluding carboxylic acids is 2. The van der Waals surface area contributed by atoms with E-state index < -0.39 is 27.4 Å². The number of nitrogens with one attached hydrogen (secondary N) is 1. The zero-order chi connectivity index (χ0) is 27.3. The zero-order valence-electron chi connectivity index (χ0n) is 19.8. The van der Waals surface area contributed by atoms with Gasteiger partial charge in [-0.1, -0.05) is 12.1 Å². The number of aryl methyl sites for hydroxylation is 1. The number of ether oxygens (including phenoxy) is 1. The number of hydrogen-bond acceptors (Lipinski definition) is 9. The molecule has 2 aromatic heterocycles. The topological polar surface area (TPSA) is 163 Å². The van der Waals surface area contributed by atoms with Crippen LogP contribution in [0.5, 0.6) is 6.01 Å². The number of amides is 1. The maximum absolute atomic E-state index is 13.2. The highest BCUT2D eigenvalue weighted by molar-refractivity contribution is 7.89. The first-order valence-electron chi connectivity index (χ1n) is 11.3. The molecule has 0 atom stereocenters. The summed E-state index contributed by atoms with van der Waals surface area (Å²) in [4.78, 5) is 42.0. The van der Waals surface area contributed by atoms with E-state index in [-0.39, 0.29) is 52.1 Å². The van der Waals surface area contributed by atoms with Gasteiger partial charge in [0.25, 0.3) is 5.56 Å². The number of nitrogens with two attached hydrogens (primary N) is 1. The first-order chi connectivity index (χ1) is 18.1. The molecule has 198 valence electrons. The Balaban J connectivity index is 1.36. The number of hydrogen-bond donors (Lipinski definition) is 2. The molecule has 0 unspecified atom stereocenters. The number of sulfonamides is 1. The number of nitrogens with zero attached hydrogens (tertiary/aromatic N) is 3. The van der Waals surface area contributed by atoms with Crippen LogP contribution >= 0.6 is 11.5 Å². The molecule has 0 radical (unpaired) electrons. The van der Waals surface area contributed by atoms with Crippen LogP contribution < -0.4 is 20.8 Å². The van der Waals surface area contributed by atoms with Crippen LogP contribution in [0.3, 0.4) is 0 Å². The minimum absolute atomic E-state index is 0.0166. The highest BCUT2D eigenvalue weighted by Crippen LogP contribution is 2.17. The number of carbonyl (C=O) groups is 2. The molecule has 0 aliphatic heterocycles. The van der Waals surface area contributed by atoms with Crippen molar-refractivity contribution in [1.29, 1.82) is 0 Å². The van der Waals surface area contributed by atoms with E-state index in [9.17, 15) is 27.2 Å². The second-order valence-electron chi connectivity index (χ2n) is 8.18. The number of esters is 1. The zero-order valence-corrected chi connectivity index (χ0v) is 21.4. The lowest BCUT2D eigenvalue weighted by Gasteiger charge is -2.12. The van der Waals surface area contributed by atoms with E-state index >= 15 is 0 Å². The summed E-state index contributed by atoms with van der Waals surface area (Å²) in [5, 5.41) is 7.80. The smallest absolute Gasteiger partial charge is 0.345 e. The molecule has 1 amide bonds. The van der Waals surface area contributed by atoms with Crippen molar-refractivity contribution in [3.63, 3.8) is 0 Å². The van der Waals surface area contributed by atoms with E-state index in [1.165, 1.54) is 30.5 Å². The third-order valence-electron chi connectivity index (χ3n) is 5.48. The Labute approximate surface area is 220 Å². The molecule has 0 bridgehead atoms. The Bertz CT molecular complexity index is 1630. The number of primary sulfonamides is 1. The van der Waals surface area contributed by atoms with Crippen molar-refractivity contribution < 1.29 is 27.1 Å². The van der Waals surface area contributed by atoms with Crippen molar-refractivity contribution in [1.82, 2.24) is 19.2 Å². The molecule has 3 N–H and O–H groups in total. The summed E-state index contributed by atoms with van der Waals surface area (Å²) in [6.45, 7) is 0.0430. The molecule has 0 spiro atoms. The van der Waals surface area contributed by atoms with Crippen LogP contribution in [-0.4, -0.2) is 40.8 Å². The standard InChI is InChI=1S/C24H22FN5O6S2/c25-17-8-6-16(7-9-17)23(33)36-24-29-19-14-28-37-21(19)22(32)30(24)13-12-27-20(31)3-1-2-15-4-10-18(11-5-15)38(26,34)35/h4-11,14H,1-3,12-13H2,(H,27,31)(H2,26,34,35). The average Bonchev–Trinajstić information content (AvgIpc) is 3.35. The van der Waals surface area contributed by atoms with Gasteiger partial charge in [0.15, 0.2) is 0 Å². The van der Waals surface area contributed by atoms with Crippen LogP contribution in [-0.2, 0) is 27.8 Å². The third-order valence-corrected chi connectivity index (χ3v) is 7.19. The summed E-state index contributed by atoms with van der Waals surface area (Å²) in [7, 11) is -3.76. The van der Waals surface area contributed by atoms with Crippen molar-refractivity contribution in [2.75, 3.05) is 6.54 Å². The lowest BCUT2D eigenvalue weighted by Crippen LogP contribution is -2.32. The summed E-state index contributed by atoms with van der Waals surface area (Å²) in [6.07, 6.45) is 2.64. The molecule has 4 rings (SSSR count). The monoisotopic (exact) mass is 559 g/mol. The Morgan fingerprint density at radius 3 is 2.50 bits per heavy atom. The largest absolute Gasteiger partial charge is 0.388 e. The van der Waals surface area contributed by atoms with Gasteiger partial charge >= 0.3 is 12.0 Å². The van der Waals surface area contributed by atoms with E-state index in [0.29, 0.717) is 12.8 Å². The van der Waals surface area contributed by atoms with Crippen LogP contribution in [0.15, 0.2) is 64.4 Å². The Morgan fingerprint density at radius 2 is 1.82 bits per heavy atom. The van der Waals surface area contributed by atoms with Gasteiger partial charge in [-0.3, -0.25) is 14.2 Å². The van der Waals surface area contributed by atoms with Gasteiger partial charge in [-0.25, -0.2) is 22.7 Å². The minimum Gasteiger partial charge on any atom is -0.388 e. The Morgan fingerprint density at radius 1 is 1.11 bits per heavy atom. The fraction of sp³-hybridized carbons (Fsp3) is 0.208. The van der Waals surface area contributed by atoms with Crippen LogP contribution in [0.1, 0.15) is 28.8 Å². The molecule has 38 heavy (non-hydrogen) atoms. The molecule has 4 aromatic rings. The van der Waals surface area contributed by atoms with Gasteiger partial charge in [0.05, 0.1) is 16.7 Å². The summed E-state index contributed by atoms with van der Waals surface area (Å²) in [5.41, 5.74) is 0.715. The van der Waals surface area contributed by atoms with Crippen LogP contribution in [0.2, 0.25) is 0 Å². The number of halogens is 1. The normalized spacial score (nSPS) is 11.4. The number of aromatic nitrogens is 3. The van der Waals surface area contributed by atoms with E-state index in [1.807, 2.05) is 0 Å². The quantitative estimate of drug-likeness (QED) is 0.279. The Kier molecular flexibility index (Phi) is 8.24. The molecule has 0 saturated heterocycles.